The van der Waals surface area contributed by atoms with Crippen molar-refractivity contribution in [3.8, 4) is 11.1 Å². The van der Waals surface area contributed by atoms with Crippen molar-refractivity contribution in [3.05, 3.63) is 72.6 Å². The molecule has 0 radical (unpaired) electrons. The fourth-order valence-corrected chi connectivity index (χ4v) is 3.77. The largest absolute Gasteiger partial charge is 0.325 e. The lowest BCUT2D eigenvalue weighted by Gasteiger charge is -2.13. The van der Waals surface area contributed by atoms with Gasteiger partial charge in [-0.3, -0.25) is 14.5 Å². The molecule has 0 unspecified atom stereocenters. The van der Waals surface area contributed by atoms with E-state index in [9.17, 15) is 13.2 Å². The van der Waals surface area contributed by atoms with Crippen molar-refractivity contribution in [2.75, 3.05) is 10.0 Å². The first-order chi connectivity index (χ1) is 13.4. The molecule has 0 aliphatic rings. The molecule has 0 spiro atoms. The fraction of sp³-hybridized carbons (Fsp3) is 0.143. The van der Waals surface area contributed by atoms with Crippen LogP contribution in [0.2, 0.25) is 0 Å². The Morgan fingerprint density at radius 3 is 2.46 bits per heavy atom. The molecule has 1 aromatic heterocycles. The summed E-state index contributed by atoms with van der Waals surface area (Å²) in [5.74, 6) is -0.0980. The Hall–Kier alpha value is -3.19. The SMILES string of the molecule is CCC(=O)Nc1cncc(-c2ccc(C)c(NS(=O)(=O)c3ccccc3)c2)c1. The van der Waals surface area contributed by atoms with E-state index in [1.165, 1.54) is 0 Å². The van der Waals surface area contributed by atoms with Gasteiger partial charge >= 0.3 is 0 Å². The Bertz CT molecular complexity index is 1100. The highest BCUT2D eigenvalue weighted by Gasteiger charge is 2.15. The van der Waals surface area contributed by atoms with Crippen LogP contribution in [0, 0.1) is 6.92 Å². The van der Waals surface area contributed by atoms with Crippen LogP contribution in [0.25, 0.3) is 11.1 Å². The lowest BCUT2D eigenvalue weighted by atomic mass is 10.0. The zero-order valence-electron chi connectivity index (χ0n) is 15.6. The van der Waals surface area contributed by atoms with Gasteiger partial charge in [-0.1, -0.05) is 37.3 Å². The highest BCUT2D eigenvalue weighted by molar-refractivity contribution is 7.92. The van der Waals surface area contributed by atoms with Crippen molar-refractivity contribution in [1.82, 2.24) is 4.98 Å². The monoisotopic (exact) mass is 395 g/mol. The predicted octanol–water partition coefficient (Wildman–Crippen LogP) is 4.21. The van der Waals surface area contributed by atoms with Crippen molar-refractivity contribution in [3.63, 3.8) is 0 Å². The van der Waals surface area contributed by atoms with Gasteiger partial charge in [-0.2, -0.15) is 0 Å². The van der Waals surface area contributed by atoms with Crippen LogP contribution in [0.4, 0.5) is 11.4 Å². The molecule has 0 aliphatic heterocycles. The Balaban J connectivity index is 1.92. The fourth-order valence-electron chi connectivity index (χ4n) is 2.63. The maximum Gasteiger partial charge on any atom is 0.261 e. The molecular formula is C21H21N3O3S. The summed E-state index contributed by atoms with van der Waals surface area (Å²) < 4.78 is 27.9. The molecule has 6 nitrogen and oxygen atoms in total. The lowest BCUT2D eigenvalue weighted by molar-refractivity contribution is -0.115. The van der Waals surface area contributed by atoms with Gasteiger partial charge in [0.2, 0.25) is 5.91 Å². The molecule has 0 saturated heterocycles. The van der Waals surface area contributed by atoms with E-state index in [2.05, 4.69) is 15.0 Å². The number of anilines is 2. The third-order valence-corrected chi connectivity index (χ3v) is 5.59. The van der Waals surface area contributed by atoms with E-state index in [0.29, 0.717) is 17.8 Å². The van der Waals surface area contributed by atoms with Gasteiger partial charge in [-0.25, -0.2) is 8.42 Å². The van der Waals surface area contributed by atoms with Crippen LogP contribution in [0.1, 0.15) is 18.9 Å². The summed E-state index contributed by atoms with van der Waals surface area (Å²) in [6.07, 6.45) is 3.62. The van der Waals surface area contributed by atoms with Crippen molar-refractivity contribution in [2.45, 2.75) is 25.2 Å². The van der Waals surface area contributed by atoms with Crippen LogP contribution >= 0.6 is 0 Å². The topological polar surface area (TPSA) is 88.2 Å². The summed E-state index contributed by atoms with van der Waals surface area (Å²) in [4.78, 5) is 16.0. The minimum absolute atomic E-state index is 0.0980. The number of nitrogens with one attached hydrogen (secondary N) is 2. The molecule has 3 rings (SSSR count). The predicted molar refractivity (Wildman–Crippen MR) is 111 cm³/mol. The second kappa shape index (κ2) is 8.22. The number of rotatable bonds is 6. The lowest BCUT2D eigenvalue weighted by Crippen LogP contribution is -2.13. The third kappa shape index (κ3) is 4.55. The van der Waals surface area contributed by atoms with Gasteiger partial charge < -0.3 is 5.32 Å². The first-order valence-electron chi connectivity index (χ1n) is 8.83. The molecule has 2 N–H and O–H groups in total. The number of nitrogens with zero attached hydrogens (tertiary/aromatic N) is 1. The standard InChI is InChI=1S/C21H21N3O3S/c1-3-21(25)23-18-11-17(13-22-14-18)16-10-9-15(2)20(12-16)24-28(26,27)19-7-5-4-6-8-19/h4-14,24H,3H2,1-2H3,(H,23,25). The summed E-state index contributed by atoms with van der Waals surface area (Å²) >= 11 is 0. The summed E-state index contributed by atoms with van der Waals surface area (Å²) in [6, 6.07) is 15.5. The van der Waals surface area contributed by atoms with E-state index in [1.807, 2.05) is 19.1 Å². The third-order valence-electron chi connectivity index (χ3n) is 4.21. The number of pyridine rings is 1. The van der Waals surface area contributed by atoms with Crippen LogP contribution < -0.4 is 10.0 Å². The quantitative estimate of drug-likeness (QED) is 0.654. The smallest absolute Gasteiger partial charge is 0.261 e. The number of carbonyl (C=O) groups excluding carboxylic acids is 1. The zero-order valence-corrected chi connectivity index (χ0v) is 16.5. The van der Waals surface area contributed by atoms with Gasteiger partial charge in [0.15, 0.2) is 0 Å². The molecule has 1 amide bonds. The van der Waals surface area contributed by atoms with Crippen LogP contribution in [0.5, 0.6) is 0 Å². The molecule has 1 heterocycles. The van der Waals surface area contributed by atoms with Gasteiger partial charge in [0.1, 0.15) is 0 Å². The normalized spacial score (nSPS) is 11.1. The van der Waals surface area contributed by atoms with Crippen molar-refractivity contribution in [2.24, 2.45) is 0 Å². The highest BCUT2D eigenvalue weighted by Crippen LogP contribution is 2.28. The molecule has 144 valence electrons. The number of carbonyl (C=O) groups is 1. The summed E-state index contributed by atoms with van der Waals surface area (Å²) in [7, 11) is -3.68. The molecular weight excluding hydrogens is 374 g/mol. The second-order valence-electron chi connectivity index (χ2n) is 6.31. The molecule has 28 heavy (non-hydrogen) atoms. The van der Waals surface area contributed by atoms with E-state index in [1.54, 1.807) is 61.8 Å². The average molecular weight is 395 g/mol. The van der Waals surface area contributed by atoms with Crippen molar-refractivity contribution < 1.29 is 13.2 Å². The van der Waals surface area contributed by atoms with E-state index >= 15 is 0 Å². The number of aromatic nitrogens is 1. The number of amides is 1. The van der Waals surface area contributed by atoms with E-state index in [-0.39, 0.29) is 10.8 Å². The van der Waals surface area contributed by atoms with Crippen LogP contribution in [0.15, 0.2) is 71.9 Å². The highest BCUT2D eigenvalue weighted by atomic mass is 32.2. The van der Waals surface area contributed by atoms with Crippen molar-refractivity contribution in [1.29, 1.82) is 0 Å². The zero-order chi connectivity index (χ0) is 20.1. The minimum Gasteiger partial charge on any atom is -0.325 e. The van der Waals surface area contributed by atoms with Crippen LogP contribution in [0.3, 0.4) is 0 Å². The van der Waals surface area contributed by atoms with Crippen LogP contribution in [-0.4, -0.2) is 19.3 Å². The Labute approximate surface area is 164 Å². The number of hydrogen-bond acceptors (Lipinski definition) is 4. The number of hydrogen-bond donors (Lipinski definition) is 2. The summed E-state index contributed by atoms with van der Waals surface area (Å²) in [5, 5.41) is 2.77. The first-order valence-corrected chi connectivity index (χ1v) is 10.3. The number of sulfonamides is 1. The molecule has 0 fully saturated rings. The molecule has 0 bridgehead atoms. The molecule has 0 atom stereocenters. The minimum atomic E-state index is -3.68. The van der Waals surface area contributed by atoms with E-state index in [4.69, 9.17) is 0 Å². The van der Waals surface area contributed by atoms with E-state index < -0.39 is 10.0 Å². The van der Waals surface area contributed by atoms with E-state index in [0.717, 1.165) is 16.7 Å². The van der Waals surface area contributed by atoms with Gasteiger partial charge in [0.05, 0.1) is 22.5 Å². The first kappa shape index (κ1) is 19.6. The average Bonchev–Trinajstić information content (AvgIpc) is 2.70. The van der Waals surface area contributed by atoms with Gasteiger partial charge in [0, 0.05) is 18.2 Å². The molecule has 2 aromatic carbocycles. The molecule has 0 saturated carbocycles. The Kier molecular flexibility index (Phi) is 5.75. The molecule has 7 heteroatoms. The summed E-state index contributed by atoms with van der Waals surface area (Å²) in [6.45, 7) is 3.61. The number of benzene rings is 2. The van der Waals surface area contributed by atoms with Crippen molar-refractivity contribution >= 4 is 27.3 Å². The summed E-state index contributed by atoms with van der Waals surface area (Å²) in [5.41, 5.74) is 3.44. The maximum absolute atomic E-state index is 12.6. The van der Waals surface area contributed by atoms with Gasteiger partial charge in [-0.15, -0.1) is 0 Å². The van der Waals surface area contributed by atoms with Gasteiger partial charge in [-0.05, 0) is 42.3 Å². The maximum atomic E-state index is 12.6. The number of aryl methyl sites for hydroxylation is 1. The molecule has 3 aromatic rings. The Morgan fingerprint density at radius 1 is 1.00 bits per heavy atom. The van der Waals surface area contributed by atoms with Gasteiger partial charge in [0.25, 0.3) is 10.0 Å². The van der Waals surface area contributed by atoms with Crippen LogP contribution in [-0.2, 0) is 14.8 Å². The Morgan fingerprint density at radius 2 is 1.75 bits per heavy atom. The second-order valence-corrected chi connectivity index (χ2v) is 7.99. The molecule has 0 aliphatic carbocycles.